The maximum Gasteiger partial charge on any atom is 0.303 e. The number of oxazole rings is 1. The number of hydrogen-bond donors (Lipinski definition) is 1. The summed E-state index contributed by atoms with van der Waals surface area (Å²) in [5.41, 5.74) is 0.967. The standard InChI is InChI=1S/C20H24N2O4/c23-19(22-12-4-5-15(14-22)8-11-20(24)25)10-9-18-21-13-17(26-18)16-6-2-1-3-7-16/h1-3,6-7,13,15H,4-5,8-12,14H2,(H,24,25)/t15-/m0/s1. The van der Waals surface area contributed by atoms with Gasteiger partial charge >= 0.3 is 5.97 Å². The number of benzene rings is 1. The van der Waals surface area contributed by atoms with Crippen LogP contribution in [0.3, 0.4) is 0 Å². The molecule has 1 atom stereocenters. The summed E-state index contributed by atoms with van der Waals surface area (Å²) in [5, 5.41) is 8.82. The van der Waals surface area contributed by atoms with Crippen LogP contribution in [0, 0.1) is 5.92 Å². The third-order valence-corrected chi connectivity index (χ3v) is 4.80. The van der Waals surface area contributed by atoms with Gasteiger partial charge in [0, 0.05) is 37.9 Å². The predicted molar refractivity (Wildman–Crippen MR) is 96.4 cm³/mol. The topological polar surface area (TPSA) is 83.6 Å². The van der Waals surface area contributed by atoms with E-state index in [-0.39, 0.29) is 18.2 Å². The number of carboxylic acids is 1. The molecule has 1 N–H and O–H groups in total. The first-order valence-electron chi connectivity index (χ1n) is 9.11. The lowest BCUT2D eigenvalue weighted by atomic mass is 9.93. The van der Waals surface area contributed by atoms with Gasteiger partial charge in [-0.3, -0.25) is 9.59 Å². The zero-order valence-corrected chi connectivity index (χ0v) is 14.8. The van der Waals surface area contributed by atoms with Crippen molar-refractivity contribution < 1.29 is 19.1 Å². The van der Waals surface area contributed by atoms with Crippen molar-refractivity contribution in [2.75, 3.05) is 13.1 Å². The van der Waals surface area contributed by atoms with Gasteiger partial charge in [0.2, 0.25) is 5.91 Å². The number of piperidine rings is 1. The lowest BCUT2D eigenvalue weighted by Crippen LogP contribution is -2.40. The number of aliphatic carboxylic acids is 1. The van der Waals surface area contributed by atoms with E-state index < -0.39 is 5.97 Å². The molecule has 0 unspecified atom stereocenters. The molecule has 1 aliphatic rings. The van der Waals surface area contributed by atoms with Gasteiger partial charge in [0.15, 0.2) is 11.7 Å². The number of aryl methyl sites for hydroxylation is 1. The Morgan fingerprint density at radius 3 is 2.81 bits per heavy atom. The van der Waals surface area contributed by atoms with Gasteiger partial charge in [0.05, 0.1) is 6.20 Å². The van der Waals surface area contributed by atoms with Gasteiger partial charge in [0.25, 0.3) is 0 Å². The molecule has 1 aromatic carbocycles. The summed E-state index contributed by atoms with van der Waals surface area (Å²) >= 11 is 0. The minimum Gasteiger partial charge on any atom is -0.481 e. The molecule has 138 valence electrons. The first-order valence-corrected chi connectivity index (χ1v) is 9.11. The Bertz CT molecular complexity index is 741. The lowest BCUT2D eigenvalue weighted by molar-refractivity contribution is -0.137. The van der Waals surface area contributed by atoms with Crippen molar-refractivity contribution in [3.05, 3.63) is 42.4 Å². The quantitative estimate of drug-likeness (QED) is 0.822. The fourth-order valence-corrected chi connectivity index (χ4v) is 3.39. The second kappa shape index (κ2) is 8.65. The van der Waals surface area contributed by atoms with E-state index in [1.54, 1.807) is 6.20 Å². The number of carbonyl (C=O) groups is 2. The molecule has 0 spiro atoms. The van der Waals surface area contributed by atoms with E-state index in [0.29, 0.717) is 37.5 Å². The van der Waals surface area contributed by atoms with E-state index in [4.69, 9.17) is 9.52 Å². The van der Waals surface area contributed by atoms with Crippen LogP contribution in [0.1, 0.15) is 38.0 Å². The van der Waals surface area contributed by atoms with E-state index >= 15 is 0 Å². The summed E-state index contributed by atoms with van der Waals surface area (Å²) in [6.07, 6.45) is 5.27. The first-order chi connectivity index (χ1) is 12.6. The highest BCUT2D eigenvalue weighted by Crippen LogP contribution is 2.23. The molecule has 1 aromatic heterocycles. The molecule has 0 radical (unpaired) electrons. The van der Waals surface area contributed by atoms with Crippen molar-refractivity contribution in [2.24, 2.45) is 5.92 Å². The smallest absolute Gasteiger partial charge is 0.303 e. The van der Waals surface area contributed by atoms with Crippen LogP contribution in [0.4, 0.5) is 0 Å². The predicted octanol–water partition coefficient (Wildman–Crippen LogP) is 3.38. The fourth-order valence-electron chi connectivity index (χ4n) is 3.39. The number of amides is 1. The lowest BCUT2D eigenvalue weighted by Gasteiger charge is -2.32. The van der Waals surface area contributed by atoms with Crippen molar-refractivity contribution in [1.82, 2.24) is 9.88 Å². The van der Waals surface area contributed by atoms with E-state index in [0.717, 1.165) is 24.9 Å². The van der Waals surface area contributed by atoms with Gasteiger partial charge in [0.1, 0.15) is 0 Å². The normalized spacial score (nSPS) is 17.2. The Balaban J connectivity index is 1.49. The van der Waals surface area contributed by atoms with E-state index in [1.807, 2.05) is 35.2 Å². The molecule has 3 rings (SSSR count). The largest absolute Gasteiger partial charge is 0.481 e. The summed E-state index contributed by atoms with van der Waals surface area (Å²) in [7, 11) is 0. The summed E-state index contributed by atoms with van der Waals surface area (Å²) < 4.78 is 5.75. The zero-order chi connectivity index (χ0) is 18.4. The third-order valence-electron chi connectivity index (χ3n) is 4.80. The molecule has 2 aromatic rings. The number of carboxylic acid groups (broad SMARTS) is 1. The van der Waals surface area contributed by atoms with Crippen LogP contribution in [0.2, 0.25) is 0 Å². The van der Waals surface area contributed by atoms with Crippen LogP contribution < -0.4 is 0 Å². The molecule has 0 saturated carbocycles. The molecule has 1 saturated heterocycles. The van der Waals surface area contributed by atoms with Crippen LogP contribution >= 0.6 is 0 Å². The molecule has 2 heterocycles. The number of nitrogens with zero attached hydrogens (tertiary/aromatic N) is 2. The average molecular weight is 356 g/mol. The zero-order valence-electron chi connectivity index (χ0n) is 14.8. The minimum atomic E-state index is -0.772. The fraction of sp³-hybridized carbons (Fsp3) is 0.450. The molecule has 26 heavy (non-hydrogen) atoms. The second-order valence-electron chi connectivity index (χ2n) is 6.76. The Morgan fingerprint density at radius 1 is 1.23 bits per heavy atom. The van der Waals surface area contributed by atoms with Crippen LogP contribution in [0.15, 0.2) is 40.9 Å². The summed E-state index contributed by atoms with van der Waals surface area (Å²) in [4.78, 5) is 29.3. The Morgan fingerprint density at radius 2 is 2.04 bits per heavy atom. The maximum absolute atomic E-state index is 12.5. The van der Waals surface area contributed by atoms with Crippen molar-refractivity contribution in [3.63, 3.8) is 0 Å². The SMILES string of the molecule is O=C(O)CC[C@@H]1CCCN(C(=O)CCc2ncc(-c3ccccc3)o2)C1. The number of carbonyl (C=O) groups excluding carboxylic acids is 1. The molecule has 0 aliphatic carbocycles. The maximum atomic E-state index is 12.5. The van der Waals surface area contributed by atoms with Crippen LogP contribution in [0.5, 0.6) is 0 Å². The van der Waals surface area contributed by atoms with Crippen molar-refractivity contribution in [3.8, 4) is 11.3 Å². The van der Waals surface area contributed by atoms with Crippen molar-refractivity contribution >= 4 is 11.9 Å². The highest BCUT2D eigenvalue weighted by molar-refractivity contribution is 5.76. The highest BCUT2D eigenvalue weighted by Gasteiger charge is 2.24. The van der Waals surface area contributed by atoms with Gasteiger partial charge in [-0.05, 0) is 25.2 Å². The van der Waals surface area contributed by atoms with Crippen LogP contribution in [0.25, 0.3) is 11.3 Å². The molecular weight excluding hydrogens is 332 g/mol. The molecule has 6 nitrogen and oxygen atoms in total. The molecule has 1 fully saturated rings. The number of likely N-dealkylation sites (tertiary alicyclic amines) is 1. The minimum absolute atomic E-state index is 0.0875. The van der Waals surface area contributed by atoms with Crippen molar-refractivity contribution in [2.45, 2.75) is 38.5 Å². The average Bonchev–Trinajstić information content (AvgIpc) is 3.14. The molecule has 1 aliphatic heterocycles. The number of rotatable bonds is 7. The van der Waals surface area contributed by atoms with Gasteiger partial charge < -0.3 is 14.4 Å². The summed E-state index contributed by atoms with van der Waals surface area (Å²) in [5.74, 6) is 0.877. The number of hydrogen-bond acceptors (Lipinski definition) is 4. The molecule has 6 heteroatoms. The summed E-state index contributed by atoms with van der Waals surface area (Å²) in [6.45, 7) is 1.41. The monoisotopic (exact) mass is 356 g/mol. The van der Waals surface area contributed by atoms with E-state index in [9.17, 15) is 9.59 Å². The van der Waals surface area contributed by atoms with Crippen LogP contribution in [-0.4, -0.2) is 40.0 Å². The molecular formula is C20H24N2O4. The van der Waals surface area contributed by atoms with E-state index in [2.05, 4.69) is 4.98 Å². The Hall–Kier alpha value is -2.63. The first kappa shape index (κ1) is 18.2. The van der Waals surface area contributed by atoms with Crippen molar-refractivity contribution in [1.29, 1.82) is 0 Å². The molecule has 0 bridgehead atoms. The van der Waals surface area contributed by atoms with Gasteiger partial charge in [-0.15, -0.1) is 0 Å². The highest BCUT2D eigenvalue weighted by atomic mass is 16.4. The van der Waals surface area contributed by atoms with Gasteiger partial charge in [-0.2, -0.15) is 0 Å². The Labute approximate surface area is 152 Å². The van der Waals surface area contributed by atoms with E-state index in [1.165, 1.54) is 0 Å². The number of aromatic nitrogens is 1. The van der Waals surface area contributed by atoms with Gasteiger partial charge in [-0.1, -0.05) is 30.3 Å². The summed E-state index contributed by atoms with van der Waals surface area (Å²) in [6, 6.07) is 9.75. The second-order valence-corrected chi connectivity index (χ2v) is 6.76. The molecule has 1 amide bonds. The third kappa shape index (κ3) is 4.94. The Kier molecular flexibility index (Phi) is 6.04. The van der Waals surface area contributed by atoms with Crippen LogP contribution in [-0.2, 0) is 16.0 Å². The van der Waals surface area contributed by atoms with Gasteiger partial charge in [-0.25, -0.2) is 4.98 Å².